The minimum absolute atomic E-state index is 0.275. The molecule has 1 saturated carbocycles. The molecule has 1 unspecified atom stereocenters. The van der Waals surface area contributed by atoms with Crippen LogP contribution in [0.2, 0.25) is 0 Å². The molecule has 2 N–H and O–H groups in total. The van der Waals surface area contributed by atoms with Gasteiger partial charge in [0.2, 0.25) is 0 Å². The van der Waals surface area contributed by atoms with Crippen LogP contribution in [0.4, 0.5) is 0 Å². The number of ether oxygens (including phenoxy) is 1. The van der Waals surface area contributed by atoms with E-state index in [-0.39, 0.29) is 6.04 Å². The SMILES string of the molecule is CCC1(C(N)Cc2cccc(OC)c2)CCCC1. The van der Waals surface area contributed by atoms with Gasteiger partial charge in [-0.05, 0) is 48.8 Å². The highest BCUT2D eigenvalue weighted by Crippen LogP contribution is 2.44. The van der Waals surface area contributed by atoms with Gasteiger partial charge in [-0.3, -0.25) is 0 Å². The van der Waals surface area contributed by atoms with Gasteiger partial charge in [0, 0.05) is 6.04 Å². The van der Waals surface area contributed by atoms with Gasteiger partial charge in [0.15, 0.2) is 0 Å². The van der Waals surface area contributed by atoms with Gasteiger partial charge in [-0.2, -0.15) is 0 Å². The van der Waals surface area contributed by atoms with Crippen molar-refractivity contribution in [1.82, 2.24) is 0 Å². The molecule has 0 bridgehead atoms. The lowest BCUT2D eigenvalue weighted by Gasteiger charge is -2.34. The summed E-state index contributed by atoms with van der Waals surface area (Å²) in [6, 6.07) is 8.57. The van der Waals surface area contributed by atoms with E-state index in [9.17, 15) is 0 Å². The van der Waals surface area contributed by atoms with Crippen molar-refractivity contribution in [3.05, 3.63) is 29.8 Å². The first-order valence-corrected chi connectivity index (χ1v) is 7.09. The summed E-state index contributed by atoms with van der Waals surface area (Å²) >= 11 is 0. The maximum atomic E-state index is 6.51. The van der Waals surface area contributed by atoms with Crippen LogP contribution in [-0.4, -0.2) is 13.2 Å². The fourth-order valence-electron chi connectivity index (χ4n) is 3.34. The molecule has 0 aliphatic heterocycles. The Kier molecular flexibility index (Phi) is 4.28. The molecule has 1 atom stereocenters. The number of hydrogen-bond donors (Lipinski definition) is 1. The van der Waals surface area contributed by atoms with E-state index in [0.29, 0.717) is 5.41 Å². The fraction of sp³-hybridized carbons (Fsp3) is 0.625. The van der Waals surface area contributed by atoms with Gasteiger partial charge in [0.05, 0.1) is 7.11 Å². The Morgan fingerprint density at radius 3 is 2.67 bits per heavy atom. The topological polar surface area (TPSA) is 35.2 Å². The summed E-state index contributed by atoms with van der Waals surface area (Å²) in [6.07, 6.45) is 7.46. The van der Waals surface area contributed by atoms with Gasteiger partial charge in [0.25, 0.3) is 0 Å². The molecule has 0 spiro atoms. The molecule has 1 aromatic carbocycles. The van der Waals surface area contributed by atoms with Crippen molar-refractivity contribution in [2.24, 2.45) is 11.1 Å². The van der Waals surface area contributed by atoms with Gasteiger partial charge < -0.3 is 10.5 Å². The zero-order valence-electron chi connectivity index (χ0n) is 11.6. The van der Waals surface area contributed by atoms with E-state index in [0.717, 1.165) is 12.2 Å². The molecule has 0 aromatic heterocycles. The molecule has 2 heteroatoms. The number of nitrogens with two attached hydrogens (primary N) is 1. The summed E-state index contributed by atoms with van der Waals surface area (Å²) in [4.78, 5) is 0. The van der Waals surface area contributed by atoms with Gasteiger partial charge in [-0.25, -0.2) is 0 Å². The van der Waals surface area contributed by atoms with E-state index in [1.807, 2.05) is 12.1 Å². The van der Waals surface area contributed by atoms with E-state index < -0.39 is 0 Å². The molecule has 0 radical (unpaired) electrons. The predicted octanol–water partition coefficient (Wildman–Crippen LogP) is 3.54. The number of rotatable bonds is 5. The smallest absolute Gasteiger partial charge is 0.119 e. The van der Waals surface area contributed by atoms with Gasteiger partial charge >= 0.3 is 0 Å². The molecule has 100 valence electrons. The number of hydrogen-bond acceptors (Lipinski definition) is 2. The first-order chi connectivity index (χ1) is 8.70. The third kappa shape index (κ3) is 2.69. The van der Waals surface area contributed by atoms with Crippen LogP contribution in [-0.2, 0) is 6.42 Å². The molecule has 1 aromatic rings. The highest BCUT2D eigenvalue weighted by molar-refractivity contribution is 5.29. The molecular formula is C16H25NO. The number of methoxy groups -OCH3 is 1. The molecule has 0 heterocycles. The maximum Gasteiger partial charge on any atom is 0.119 e. The largest absolute Gasteiger partial charge is 0.497 e. The van der Waals surface area contributed by atoms with Crippen LogP contribution in [0.25, 0.3) is 0 Å². The molecule has 1 aliphatic rings. The van der Waals surface area contributed by atoms with E-state index in [1.165, 1.54) is 37.7 Å². The third-order valence-corrected chi connectivity index (χ3v) is 4.68. The zero-order chi connectivity index (χ0) is 13.0. The lowest BCUT2D eigenvalue weighted by Crippen LogP contribution is -2.41. The van der Waals surface area contributed by atoms with E-state index in [4.69, 9.17) is 10.5 Å². The minimum Gasteiger partial charge on any atom is -0.497 e. The van der Waals surface area contributed by atoms with Crippen molar-refractivity contribution < 1.29 is 4.74 Å². The quantitative estimate of drug-likeness (QED) is 0.863. The summed E-state index contributed by atoms with van der Waals surface area (Å²) in [5.41, 5.74) is 8.18. The first kappa shape index (κ1) is 13.4. The van der Waals surface area contributed by atoms with Crippen molar-refractivity contribution in [2.45, 2.75) is 51.5 Å². The van der Waals surface area contributed by atoms with Gasteiger partial charge in [0.1, 0.15) is 5.75 Å². The second-order valence-electron chi connectivity index (χ2n) is 5.59. The third-order valence-electron chi connectivity index (χ3n) is 4.68. The van der Waals surface area contributed by atoms with Crippen LogP contribution >= 0.6 is 0 Å². The Morgan fingerprint density at radius 1 is 1.33 bits per heavy atom. The standard InChI is InChI=1S/C16H25NO/c1-3-16(9-4-5-10-16)15(17)12-13-7-6-8-14(11-13)18-2/h6-8,11,15H,3-5,9-10,12,17H2,1-2H3. The van der Waals surface area contributed by atoms with Crippen LogP contribution in [0.3, 0.4) is 0 Å². The molecule has 2 rings (SSSR count). The Balaban J connectivity index is 2.07. The van der Waals surface area contributed by atoms with Crippen molar-refractivity contribution in [3.8, 4) is 5.75 Å². The number of benzene rings is 1. The molecule has 0 saturated heterocycles. The van der Waals surface area contributed by atoms with Crippen molar-refractivity contribution in [2.75, 3.05) is 7.11 Å². The van der Waals surface area contributed by atoms with E-state index in [1.54, 1.807) is 7.11 Å². The Morgan fingerprint density at radius 2 is 2.06 bits per heavy atom. The van der Waals surface area contributed by atoms with Crippen LogP contribution in [0, 0.1) is 5.41 Å². The molecule has 0 amide bonds. The lowest BCUT2D eigenvalue weighted by molar-refractivity contribution is 0.218. The average molecular weight is 247 g/mol. The lowest BCUT2D eigenvalue weighted by atomic mass is 9.74. The molecule has 1 fully saturated rings. The highest BCUT2D eigenvalue weighted by Gasteiger charge is 2.37. The summed E-state index contributed by atoms with van der Waals surface area (Å²) in [5, 5.41) is 0. The van der Waals surface area contributed by atoms with Crippen LogP contribution in [0.15, 0.2) is 24.3 Å². The Bertz CT molecular complexity index is 382. The van der Waals surface area contributed by atoms with Crippen LogP contribution < -0.4 is 10.5 Å². The molecule has 1 aliphatic carbocycles. The highest BCUT2D eigenvalue weighted by atomic mass is 16.5. The Hall–Kier alpha value is -1.02. The summed E-state index contributed by atoms with van der Waals surface area (Å²) in [5.74, 6) is 0.927. The average Bonchev–Trinajstić information content (AvgIpc) is 2.89. The zero-order valence-corrected chi connectivity index (χ0v) is 11.6. The van der Waals surface area contributed by atoms with Crippen molar-refractivity contribution >= 4 is 0 Å². The van der Waals surface area contributed by atoms with E-state index >= 15 is 0 Å². The molecule has 2 nitrogen and oxygen atoms in total. The monoisotopic (exact) mass is 247 g/mol. The van der Waals surface area contributed by atoms with Crippen molar-refractivity contribution in [3.63, 3.8) is 0 Å². The van der Waals surface area contributed by atoms with Crippen LogP contribution in [0.1, 0.15) is 44.6 Å². The first-order valence-electron chi connectivity index (χ1n) is 7.09. The summed E-state index contributed by atoms with van der Waals surface area (Å²) in [7, 11) is 1.71. The van der Waals surface area contributed by atoms with Crippen LogP contribution in [0.5, 0.6) is 5.75 Å². The van der Waals surface area contributed by atoms with Gasteiger partial charge in [-0.1, -0.05) is 31.9 Å². The molecule has 18 heavy (non-hydrogen) atoms. The van der Waals surface area contributed by atoms with Gasteiger partial charge in [-0.15, -0.1) is 0 Å². The van der Waals surface area contributed by atoms with Crippen molar-refractivity contribution in [1.29, 1.82) is 0 Å². The summed E-state index contributed by atoms with van der Waals surface area (Å²) in [6.45, 7) is 2.29. The predicted molar refractivity (Wildman–Crippen MR) is 75.9 cm³/mol. The summed E-state index contributed by atoms with van der Waals surface area (Å²) < 4.78 is 5.27. The van der Waals surface area contributed by atoms with E-state index in [2.05, 4.69) is 19.1 Å². The minimum atomic E-state index is 0.275. The maximum absolute atomic E-state index is 6.51. The molecular weight excluding hydrogens is 222 g/mol. The fourth-order valence-corrected chi connectivity index (χ4v) is 3.34. The second-order valence-corrected chi connectivity index (χ2v) is 5.59. The second kappa shape index (κ2) is 5.75. The normalized spacial score (nSPS) is 19.7. The Labute approximate surface area is 111 Å².